The van der Waals surface area contributed by atoms with Gasteiger partial charge in [0.2, 0.25) is 5.91 Å². The van der Waals surface area contributed by atoms with Gasteiger partial charge >= 0.3 is 5.97 Å². The minimum atomic E-state index is -0.930. The molecular weight excluding hydrogens is 184 g/mol. The van der Waals surface area contributed by atoms with E-state index in [4.69, 9.17) is 10.8 Å². The van der Waals surface area contributed by atoms with Crippen LogP contribution >= 0.6 is 0 Å². The Hall–Kier alpha value is -1.10. The third-order valence-electron chi connectivity index (χ3n) is 2.11. The number of carboxylic acid groups (broad SMARTS) is 1. The van der Waals surface area contributed by atoms with Crippen molar-refractivity contribution in [2.75, 3.05) is 7.05 Å². The van der Waals surface area contributed by atoms with Crippen LogP contribution in [0.2, 0.25) is 0 Å². The van der Waals surface area contributed by atoms with Gasteiger partial charge in [-0.2, -0.15) is 0 Å². The third kappa shape index (κ3) is 4.23. The molecule has 0 spiro atoms. The predicted octanol–water partition coefficient (Wildman–Crippen LogP) is 0.0453. The Kier molecular flexibility index (Phi) is 5.15. The van der Waals surface area contributed by atoms with Gasteiger partial charge in [-0.3, -0.25) is 9.59 Å². The van der Waals surface area contributed by atoms with Crippen LogP contribution in [0.5, 0.6) is 0 Å². The molecule has 0 fully saturated rings. The van der Waals surface area contributed by atoms with Crippen molar-refractivity contribution in [1.29, 1.82) is 0 Å². The smallest absolute Gasteiger partial charge is 0.303 e. The largest absolute Gasteiger partial charge is 0.481 e. The molecule has 1 atom stereocenters. The minimum absolute atomic E-state index is 0.0706. The first-order valence-corrected chi connectivity index (χ1v) is 4.60. The predicted molar refractivity (Wildman–Crippen MR) is 52.8 cm³/mol. The van der Waals surface area contributed by atoms with Crippen molar-refractivity contribution in [2.24, 2.45) is 5.73 Å². The highest BCUT2D eigenvalue weighted by atomic mass is 16.4. The Morgan fingerprint density at radius 3 is 2.29 bits per heavy atom. The topological polar surface area (TPSA) is 83.6 Å². The number of rotatable bonds is 5. The fraction of sp³-hybridized carbons (Fsp3) is 0.778. The van der Waals surface area contributed by atoms with E-state index in [1.807, 2.05) is 13.8 Å². The van der Waals surface area contributed by atoms with Gasteiger partial charge in [0.25, 0.3) is 0 Å². The van der Waals surface area contributed by atoms with E-state index in [1.165, 1.54) is 4.90 Å². The van der Waals surface area contributed by atoms with Crippen LogP contribution in [-0.2, 0) is 9.59 Å². The summed E-state index contributed by atoms with van der Waals surface area (Å²) in [5.74, 6) is -1.14. The molecule has 1 unspecified atom stereocenters. The molecule has 0 saturated carbocycles. The Bertz CT molecular complexity index is 216. The molecule has 0 heterocycles. The summed E-state index contributed by atoms with van der Waals surface area (Å²) < 4.78 is 0. The molecule has 82 valence electrons. The Labute approximate surface area is 83.9 Å². The zero-order valence-corrected chi connectivity index (χ0v) is 8.86. The van der Waals surface area contributed by atoms with E-state index in [0.717, 1.165) is 0 Å². The number of nitrogens with zero attached hydrogens (tertiary/aromatic N) is 1. The van der Waals surface area contributed by atoms with Crippen LogP contribution in [0.1, 0.15) is 26.7 Å². The zero-order valence-electron chi connectivity index (χ0n) is 8.86. The lowest BCUT2D eigenvalue weighted by Crippen LogP contribution is -2.44. The van der Waals surface area contributed by atoms with E-state index < -0.39 is 12.0 Å². The minimum Gasteiger partial charge on any atom is -0.481 e. The van der Waals surface area contributed by atoms with Gasteiger partial charge in [-0.1, -0.05) is 0 Å². The van der Waals surface area contributed by atoms with Crippen LogP contribution in [0.25, 0.3) is 0 Å². The van der Waals surface area contributed by atoms with Crippen molar-refractivity contribution in [3.63, 3.8) is 0 Å². The Morgan fingerprint density at radius 2 is 1.93 bits per heavy atom. The standard InChI is InChI=1S/C9H18N2O3/c1-6(2)11(3)9(14)7(10)4-5-8(12)13/h6-7H,4-5,10H2,1-3H3,(H,12,13). The van der Waals surface area contributed by atoms with Crippen molar-refractivity contribution in [2.45, 2.75) is 38.8 Å². The summed E-state index contributed by atoms with van der Waals surface area (Å²) in [5.41, 5.74) is 5.55. The summed E-state index contributed by atoms with van der Waals surface area (Å²) in [5, 5.41) is 8.41. The highest BCUT2D eigenvalue weighted by molar-refractivity contribution is 5.82. The van der Waals surface area contributed by atoms with Gasteiger partial charge in [0, 0.05) is 19.5 Å². The average molecular weight is 202 g/mol. The molecule has 5 nitrogen and oxygen atoms in total. The van der Waals surface area contributed by atoms with E-state index in [1.54, 1.807) is 7.05 Å². The normalized spacial score (nSPS) is 12.6. The number of amides is 1. The first kappa shape index (κ1) is 12.9. The van der Waals surface area contributed by atoms with Gasteiger partial charge in [-0.15, -0.1) is 0 Å². The SMILES string of the molecule is CC(C)N(C)C(=O)C(N)CCC(=O)O. The maximum atomic E-state index is 11.5. The van der Waals surface area contributed by atoms with Gasteiger partial charge in [0.05, 0.1) is 6.04 Å². The van der Waals surface area contributed by atoms with Crippen molar-refractivity contribution >= 4 is 11.9 Å². The second kappa shape index (κ2) is 5.59. The molecule has 0 bridgehead atoms. The number of likely N-dealkylation sites (N-methyl/N-ethyl adjacent to an activating group) is 1. The number of hydrogen-bond acceptors (Lipinski definition) is 3. The molecule has 0 aliphatic carbocycles. The van der Waals surface area contributed by atoms with E-state index in [-0.39, 0.29) is 24.8 Å². The van der Waals surface area contributed by atoms with Crippen LogP contribution in [-0.4, -0.2) is 41.0 Å². The lowest BCUT2D eigenvalue weighted by atomic mass is 10.1. The van der Waals surface area contributed by atoms with Crippen molar-refractivity contribution in [3.05, 3.63) is 0 Å². The fourth-order valence-electron chi connectivity index (χ4n) is 0.918. The van der Waals surface area contributed by atoms with Gasteiger partial charge in [0.15, 0.2) is 0 Å². The number of carbonyl (C=O) groups excluding carboxylic acids is 1. The first-order chi connectivity index (χ1) is 6.36. The van der Waals surface area contributed by atoms with E-state index in [0.29, 0.717) is 0 Å². The average Bonchev–Trinajstić information content (AvgIpc) is 2.11. The lowest BCUT2D eigenvalue weighted by Gasteiger charge is -2.24. The summed E-state index contributed by atoms with van der Waals surface area (Å²) in [6.45, 7) is 3.75. The molecule has 0 aromatic heterocycles. The molecule has 0 aliphatic rings. The monoisotopic (exact) mass is 202 g/mol. The van der Waals surface area contributed by atoms with Crippen LogP contribution in [0, 0.1) is 0 Å². The number of hydrogen-bond donors (Lipinski definition) is 2. The molecule has 3 N–H and O–H groups in total. The van der Waals surface area contributed by atoms with Crippen molar-refractivity contribution in [1.82, 2.24) is 4.90 Å². The second-order valence-corrected chi connectivity index (χ2v) is 3.58. The van der Waals surface area contributed by atoms with Crippen LogP contribution in [0.3, 0.4) is 0 Å². The van der Waals surface area contributed by atoms with E-state index in [9.17, 15) is 9.59 Å². The van der Waals surface area contributed by atoms with Crippen LogP contribution in [0.4, 0.5) is 0 Å². The summed E-state index contributed by atoms with van der Waals surface area (Å²) in [4.78, 5) is 23.3. The maximum absolute atomic E-state index is 11.5. The molecule has 0 saturated heterocycles. The zero-order chi connectivity index (χ0) is 11.3. The highest BCUT2D eigenvalue weighted by Crippen LogP contribution is 2.02. The summed E-state index contributed by atoms with van der Waals surface area (Å²) in [6, 6.07) is -0.628. The summed E-state index contributed by atoms with van der Waals surface area (Å²) in [6.07, 6.45) is 0.115. The summed E-state index contributed by atoms with van der Waals surface area (Å²) >= 11 is 0. The Morgan fingerprint density at radius 1 is 1.43 bits per heavy atom. The van der Waals surface area contributed by atoms with Crippen LogP contribution in [0.15, 0.2) is 0 Å². The van der Waals surface area contributed by atoms with Gasteiger partial charge < -0.3 is 15.7 Å². The lowest BCUT2D eigenvalue weighted by molar-refractivity contribution is -0.137. The third-order valence-corrected chi connectivity index (χ3v) is 2.11. The van der Waals surface area contributed by atoms with E-state index >= 15 is 0 Å². The Balaban J connectivity index is 4.05. The number of nitrogens with two attached hydrogens (primary N) is 1. The van der Waals surface area contributed by atoms with Crippen molar-refractivity contribution < 1.29 is 14.7 Å². The van der Waals surface area contributed by atoms with E-state index in [2.05, 4.69) is 0 Å². The number of aliphatic carboxylic acids is 1. The second-order valence-electron chi connectivity index (χ2n) is 3.58. The summed E-state index contributed by atoms with van der Waals surface area (Å²) in [7, 11) is 1.66. The maximum Gasteiger partial charge on any atom is 0.303 e. The first-order valence-electron chi connectivity index (χ1n) is 4.60. The number of carboxylic acids is 1. The van der Waals surface area contributed by atoms with Gasteiger partial charge in [0.1, 0.15) is 0 Å². The highest BCUT2D eigenvalue weighted by Gasteiger charge is 2.20. The van der Waals surface area contributed by atoms with Gasteiger partial charge in [-0.25, -0.2) is 0 Å². The molecule has 0 aromatic carbocycles. The molecule has 0 radical (unpaired) electrons. The molecular formula is C9H18N2O3. The molecule has 5 heteroatoms. The molecule has 14 heavy (non-hydrogen) atoms. The number of carbonyl (C=O) groups is 2. The fourth-order valence-corrected chi connectivity index (χ4v) is 0.918. The molecule has 0 aromatic rings. The van der Waals surface area contributed by atoms with Crippen LogP contribution < -0.4 is 5.73 Å². The quantitative estimate of drug-likeness (QED) is 0.659. The molecule has 0 aliphatic heterocycles. The molecule has 1 amide bonds. The van der Waals surface area contributed by atoms with Gasteiger partial charge in [-0.05, 0) is 20.3 Å². The van der Waals surface area contributed by atoms with Crippen molar-refractivity contribution in [3.8, 4) is 0 Å². The molecule has 0 rings (SSSR count).